The van der Waals surface area contributed by atoms with E-state index in [1.807, 2.05) is 19.9 Å². The van der Waals surface area contributed by atoms with E-state index in [0.717, 1.165) is 16.8 Å². The highest BCUT2D eigenvalue weighted by Crippen LogP contribution is 2.32. The molecule has 148 valence electrons. The topological polar surface area (TPSA) is 121 Å². The van der Waals surface area contributed by atoms with Gasteiger partial charge in [0.1, 0.15) is 0 Å². The van der Waals surface area contributed by atoms with Crippen LogP contribution in [0.4, 0.5) is 10.6 Å². The van der Waals surface area contributed by atoms with E-state index in [1.54, 1.807) is 17.1 Å². The summed E-state index contributed by atoms with van der Waals surface area (Å²) in [5.74, 6) is 1.63. The van der Waals surface area contributed by atoms with E-state index < -0.39 is 0 Å². The number of benzene rings is 1. The molecule has 3 heterocycles. The van der Waals surface area contributed by atoms with Crippen molar-refractivity contribution >= 4 is 17.8 Å². The molecule has 0 bridgehead atoms. The number of hydrogen-bond acceptors (Lipinski definition) is 6. The van der Waals surface area contributed by atoms with Gasteiger partial charge < -0.3 is 20.1 Å². The number of nitrogens with one attached hydrogen (secondary N) is 4. The largest absolute Gasteiger partial charge is 0.454 e. The first kappa shape index (κ1) is 18.1. The zero-order chi connectivity index (χ0) is 19.7. The van der Waals surface area contributed by atoms with Crippen molar-refractivity contribution in [2.75, 3.05) is 12.1 Å². The van der Waals surface area contributed by atoms with Crippen molar-refractivity contribution in [2.45, 2.75) is 39.4 Å². The van der Waals surface area contributed by atoms with Crippen molar-refractivity contribution in [3.8, 4) is 11.5 Å². The number of nitrogens with zero attached hydrogens (tertiary/aromatic N) is 2. The van der Waals surface area contributed by atoms with Gasteiger partial charge in [-0.3, -0.25) is 15.3 Å². The Morgan fingerprint density at radius 3 is 2.89 bits per heavy atom. The van der Waals surface area contributed by atoms with Crippen molar-refractivity contribution in [2.24, 2.45) is 0 Å². The molecule has 1 aromatic heterocycles. The van der Waals surface area contributed by atoms with Crippen LogP contribution in [-0.2, 0) is 24.3 Å². The van der Waals surface area contributed by atoms with Gasteiger partial charge in [-0.1, -0.05) is 6.07 Å². The molecule has 10 heteroatoms. The Hall–Kier alpha value is -3.27. The zero-order valence-electron chi connectivity index (χ0n) is 15.7. The Labute approximate surface area is 161 Å². The third kappa shape index (κ3) is 3.86. The van der Waals surface area contributed by atoms with Crippen LogP contribution in [0.5, 0.6) is 11.5 Å². The highest BCUT2D eigenvalue weighted by molar-refractivity contribution is 5.92. The van der Waals surface area contributed by atoms with Crippen LogP contribution < -0.4 is 25.5 Å². The maximum atomic E-state index is 12.4. The van der Waals surface area contributed by atoms with Crippen molar-refractivity contribution in [1.82, 2.24) is 25.9 Å². The molecule has 2 aliphatic rings. The summed E-state index contributed by atoms with van der Waals surface area (Å²) in [5.41, 5.74) is 5.34. The van der Waals surface area contributed by atoms with Gasteiger partial charge in [-0.2, -0.15) is 5.10 Å². The Bertz CT molecular complexity index is 909. The average molecular weight is 386 g/mol. The summed E-state index contributed by atoms with van der Waals surface area (Å²) in [7, 11) is 0. The van der Waals surface area contributed by atoms with Crippen LogP contribution in [0, 0.1) is 0 Å². The van der Waals surface area contributed by atoms with E-state index in [9.17, 15) is 9.59 Å². The number of carbonyl (C=O) groups excluding carboxylic acids is 2. The number of amides is 3. The SMILES string of the molecule is CC(C)NC(=O)NN1Cc2[nH]nc(NC(=O)Cc3ccc4c(c3)OCO4)c2C1. The van der Waals surface area contributed by atoms with E-state index in [2.05, 4.69) is 26.3 Å². The first-order chi connectivity index (χ1) is 13.5. The fourth-order valence-corrected chi connectivity index (χ4v) is 3.17. The van der Waals surface area contributed by atoms with Gasteiger partial charge in [0.2, 0.25) is 12.7 Å². The fourth-order valence-electron chi connectivity index (χ4n) is 3.17. The van der Waals surface area contributed by atoms with Gasteiger partial charge in [0, 0.05) is 18.2 Å². The number of fused-ring (bicyclic) bond motifs is 2. The number of aromatic nitrogens is 2. The van der Waals surface area contributed by atoms with Crippen LogP contribution in [-0.4, -0.2) is 40.0 Å². The van der Waals surface area contributed by atoms with E-state index in [0.29, 0.717) is 30.4 Å². The molecular formula is C18H22N6O4. The van der Waals surface area contributed by atoms with E-state index in [1.165, 1.54) is 0 Å². The molecule has 2 aliphatic heterocycles. The molecule has 4 N–H and O–H groups in total. The third-order valence-electron chi connectivity index (χ3n) is 4.39. The van der Waals surface area contributed by atoms with E-state index >= 15 is 0 Å². The summed E-state index contributed by atoms with van der Waals surface area (Å²) >= 11 is 0. The van der Waals surface area contributed by atoms with Crippen molar-refractivity contribution in [3.05, 3.63) is 35.0 Å². The number of carbonyl (C=O) groups is 2. The molecule has 0 atom stereocenters. The second kappa shape index (κ2) is 7.39. The lowest BCUT2D eigenvalue weighted by molar-refractivity contribution is -0.115. The molecule has 0 saturated carbocycles. The standard InChI is InChI=1S/C18H22N6O4/c1-10(2)19-18(26)23-24-7-12-13(8-24)21-22-17(12)20-16(25)6-11-3-4-14-15(5-11)28-9-27-14/h3-5,10H,6-9H2,1-2H3,(H2,19,23,26)(H2,20,21,22,25). The molecule has 0 unspecified atom stereocenters. The third-order valence-corrected chi connectivity index (χ3v) is 4.39. The Morgan fingerprint density at radius 1 is 1.25 bits per heavy atom. The second-order valence-corrected chi connectivity index (χ2v) is 7.04. The van der Waals surface area contributed by atoms with E-state index in [-0.39, 0.29) is 31.2 Å². The molecule has 28 heavy (non-hydrogen) atoms. The predicted molar refractivity (Wildman–Crippen MR) is 99.5 cm³/mol. The molecule has 0 radical (unpaired) electrons. The van der Waals surface area contributed by atoms with Crippen LogP contribution in [0.1, 0.15) is 30.7 Å². The molecule has 0 spiro atoms. The maximum absolute atomic E-state index is 12.4. The number of ether oxygens (including phenoxy) is 2. The van der Waals surface area contributed by atoms with Crippen LogP contribution in [0.25, 0.3) is 0 Å². The lowest BCUT2D eigenvalue weighted by atomic mass is 10.1. The van der Waals surface area contributed by atoms with Gasteiger partial charge in [-0.25, -0.2) is 9.80 Å². The smallest absolute Gasteiger partial charge is 0.329 e. The molecule has 4 rings (SSSR count). The van der Waals surface area contributed by atoms with Crippen molar-refractivity contribution in [3.63, 3.8) is 0 Å². The van der Waals surface area contributed by atoms with Gasteiger partial charge in [-0.15, -0.1) is 0 Å². The fraction of sp³-hybridized carbons (Fsp3) is 0.389. The normalized spacial score (nSPS) is 14.8. The predicted octanol–water partition coefficient (Wildman–Crippen LogP) is 1.26. The summed E-state index contributed by atoms with van der Waals surface area (Å²) < 4.78 is 10.6. The Balaban J connectivity index is 1.35. The molecule has 2 aromatic rings. The van der Waals surface area contributed by atoms with Gasteiger partial charge >= 0.3 is 6.03 Å². The van der Waals surface area contributed by atoms with Crippen LogP contribution >= 0.6 is 0 Å². The summed E-state index contributed by atoms with van der Waals surface area (Å²) in [6, 6.07) is 5.22. The molecule has 3 amide bonds. The van der Waals surface area contributed by atoms with Gasteiger partial charge in [0.05, 0.1) is 18.7 Å². The number of aromatic amines is 1. The minimum Gasteiger partial charge on any atom is -0.454 e. The first-order valence-electron chi connectivity index (χ1n) is 9.04. The number of hydrogen-bond donors (Lipinski definition) is 4. The molecule has 0 saturated heterocycles. The number of H-pyrrole nitrogens is 1. The maximum Gasteiger partial charge on any atom is 0.329 e. The highest BCUT2D eigenvalue weighted by atomic mass is 16.7. The lowest BCUT2D eigenvalue weighted by Gasteiger charge is -2.18. The van der Waals surface area contributed by atoms with Gasteiger partial charge in [-0.05, 0) is 31.5 Å². The number of anilines is 1. The highest BCUT2D eigenvalue weighted by Gasteiger charge is 2.27. The van der Waals surface area contributed by atoms with Crippen molar-refractivity contribution < 1.29 is 19.1 Å². The number of urea groups is 1. The quantitative estimate of drug-likeness (QED) is 0.614. The molecule has 0 aliphatic carbocycles. The first-order valence-corrected chi connectivity index (χ1v) is 9.04. The van der Waals surface area contributed by atoms with Gasteiger partial charge in [0.25, 0.3) is 0 Å². The summed E-state index contributed by atoms with van der Waals surface area (Å²) in [5, 5.41) is 14.5. The number of rotatable bonds is 5. The van der Waals surface area contributed by atoms with Crippen LogP contribution in [0.2, 0.25) is 0 Å². The Morgan fingerprint density at radius 2 is 2.07 bits per heavy atom. The van der Waals surface area contributed by atoms with Crippen LogP contribution in [0.3, 0.4) is 0 Å². The molecule has 10 nitrogen and oxygen atoms in total. The number of hydrazine groups is 1. The molecular weight excluding hydrogens is 364 g/mol. The summed E-state index contributed by atoms with van der Waals surface area (Å²) in [6.45, 7) is 4.93. The minimum atomic E-state index is -0.262. The van der Waals surface area contributed by atoms with Gasteiger partial charge in [0.15, 0.2) is 17.3 Å². The zero-order valence-corrected chi connectivity index (χ0v) is 15.7. The van der Waals surface area contributed by atoms with Crippen molar-refractivity contribution in [1.29, 1.82) is 0 Å². The summed E-state index contributed by atoms with van der Waals surface area (Å²) in [6.07, 6.45) is 0.191. The Kier molecular flexibility index (Phi) is 4.78. The van der Waals surface area contributed by atoms with E-state index in [4.69, 9.17) is 9.47 Å². The average Bonchev–Trinajstić information content (AvgIpc) is 3.31. The molecule has 0 fully saturated rings. The monoisotopic (exact) mass is 386 g/mol. The lowest BCUT2D eigenvalue weighted by Crippen LogP contribution is -2.46. The molecule has 1 aromatic carbocycles. The summed E-state index contributed by atoms with van der Waals surface area (Å²) in [4.78, 5) is 24.3. The van der Waals surface area contributed by atoms with Crippen LogP contribution in [0.15, 0.2) is 18.2 Å². The minimum absolute atomic E-state index is 0.0492. The second-order valence-electron chi connectivity index (χ2n) is 7.04.